The van der Waals surface area contributed by atoms with Crippen LogP contribution in [0.1, 0.15) is 64.0 Å². The summed E-state index contributed by atoms with van der Waals surface area (Å²) in [5.41, 5.74) is 0.828. The molecule has 0 aromatic heterocycles. The Kier molecular flexibility index (Phi) is 5.62. The molecule has 0 bridgehead atoms. The monoisotopic (exact) mass is 275 g/mol. The molecule has 1 aromatic carbocycles. The summed E-state index contributed by atoms with van der Waals surface area (Å²) in [7, 11) is 0. The highest BCUT2D eigenvalue weighted by Crippen LogP contribution is 2.33. The van der Waals surface area contributed by atoms with Gasteiger partial charge in [0.2, 0.25) is 0 Å². The second-order valence-corrected chi connectivity index (χ2v) is 6.33. The number of rotatable bonds is 6. The number of benzene rings is 1. The summed E-state index contributed by atoms with van der Waals surface area (Å²) in [5, 5.41) is 14.3. The zero-order valence-corrected chi connectivity index (χ0v) is 12.9. The predicted molar refractivity (Wildman–Crippen MR) is 84.7 cm³/mol. The molecule has 1 aliphatic carbocycles. The van der Waals surface area contributed by atoms with Crippen LogP contribution in [-0.4, -0.2) is 17.3 Å². The van der Waals surface area contributed by atoms with Gasteiger partial charge in [-0.25, -0.2) is 0 Å². The molecule has 0 amide bonds. The number of hydrogen-bond donors (Lipinski definition) is 2. The lowest BCUT2D eigenvalue weighted by molar-refractivity contribution is -0.0108. The van der Waals surface area contributed by atoms with Gasteiger partial charge in [0, 0.05) is 12.6 Å². The first kappa shape index (κ1) is 15.5. The van der Waals surface area contributed by atoms with Crippen molar-refractivity contribution >= 4 is 0 Å². The molecular weight excluding hydrogens is 246 g/mol. The Bertz CT molecular complexity index is 382. The topological polar surface area (TPSA) is 32.3 Å². The minimum atomic E-state index is -0.492. The van der Waals surface area contributed by atoms with E-state index in [0.717, 1.165) is 31.7 Å². The molecule has 20 heavy (non-hydrogen) atoms. The van der Waals surface area contributed by atoms with Gasteiger partial charge in [-0.05, 0) is 43.6 Å². The molecule has 2 heteroatoms. The Morgan fingerprint density at radius 2 is 1.85 bits per heavy atom. The Morgan fingerprint density at radius 3 is 2.40 bits per heavy atom. The molecule has 0 saturated heterocycles. The summed E-state index contributed by atoms with van der Waals surface area (Å²) in [4.78, 5) is 0. The lowest BCUT2D eigenvalue weighted by atomic mass is 9.77. The average Bonchev–Trinajstić information content (AvgIpc) is 2.50. The smallest absolute Gasteiger partial charge is 0.0772 e. The average molecular weight is 275 g/mol. The molecule has 112 valence electrons. The third-order valence-electron chi connectivity index (χ3n) is 4.90. The third-order valence-corrected chi connectivity index (χ3v) is 4.90. The van der Waals surface area contributed by atoms with Gasteiger partial charge in [-0.1, -0.05) is 50.6 Å². The normalized spacial score (nSPS) is 28.2. The van der Waals surface area contributed by atoms with Gasteiger partial charge in [0.15, 0.2) is 0 Å². The fourth-order valence-corrected chi connectivity index (χ4v) is 3.30. The van der Waals surface area contributed by atoms with E-state index < -0.39 is 5.60 Å². The fourth-order valence-electron chi connectivity index (χ4n) is 3.30. The number of nitrogens with one attached hydrogen (secondary N) is 1. The van der Waals surface area contributed by atoms with Crippen molar-refractivity contribution < 1.29 is 5.11 Å². The molecule has 0 aliphatic heterocycles. The van der Waals surface area contributed by atoms with E-state index in [-0.39, 0.29) is 0 Å². The molecule has 0 spiro atoms. The van der Waals surface area contributed by atoms with Crippen LogP contribution in [0.5, 0.6) is 0 Å². The Labute approximate surface area is 123 Å². The van der Waals surface area contributed by atoms with Crippen molar-refractivity contribution in [3.05, 3.63) is 35.9 Å². The predicted octanol–water partition coefficient (Wildman–Crippen LogP) is 4.06. The van der Waals surface area contributed by atoms with Crippen molar-refractivity contribution in [2.45, 2.75) is 64.0 Å². The molecule has 0 heterocycles. The molecule has 1 aromatic rings. The van der Waals surface area contributed by atoms with E-state index in [9.17, 15) is 5.11 Å². The van der Waals surface area contributed by atoms with Crippen molar-refractivity contribution in [2.75, 3.05) is 6.54 Å². The first-order chi connectivity index (χ1) is 9.67. The Morgan fingerprint density at radius 1 is 1.20 bits per heavy atom. The summed E-state index contributed by atoms with van der Waals surface area (Å²) in [5.74, 6) is 0.825. The maximum atomic E-state index is 10.7. The first-order valence-corrected chi connectivity index (χ1v) is 8.17. The molecular formula is C18H29NO. The van der Waals surface area contributed by atoms with Crippen LogP contribution < -0.4 is 5.32 Å². The van der Waals surface area contributed by atoms with E-state index in [2.05, 4.69) is 49.5 Å². The number of aliphatic hydroxyl groups is 1. The Balaban J connectivity index is 1.87. The summed E-state index contributed by atoms with van der Waals surface area (Å²) in [6.07, 6.45) is 6.56. The second kappa shape index (κ2) is 7.24. The van der Waals surface area contributed by atoms with Crippen LogP contribution in [0.2, 0.25) is 0 Å². The van der Waals surface area contributed by atoms with Crippen LogP contribution in [0.15, 0.2) is 30.3 Å². The highest BCUT2D eigenvalue weighted by atomic mass is 16.3. The van der Waals surface area contributed by atoms with Crippen LogP contribution in [0.4, 0.5) is 0 Å². The molecule has 1 aliphatic rings. The van der Waals surface area contributed by atoms with Crippen LogP contribution in [0.25, 0.3) is 0 Å². The van der Waals surface area contributed by atoms with E-state index in [1.807, 2.05) is 0 Å². The van der Waals surface area contributed by atoms with Gasteiger partial charge in [0.05, 0.1) is 5.60 Å². The first-order valence-electron chi connectivity index (χ1n) is 8.17. The van der Waals surface area contributed by atoms with Crippen molar-refractivity contribution in [1.82, 2.24) is 5.32 Å². The summed E-state index contributed by atoms with van der Waals surface area (Å²) in [6.45, 7) is 5.18. The van der Waals surface area contributed by atoms with E-state index in [0.29, 0.717) is 6.04 Å². The number of hydrogen-bond acceptors (Lipinski definition) is 2. The summed E-state index contributed by atoms with van der Waals surface area (Å²) in [6, 6.07) is 10.9. The summed E-state index contributed by atoms with van der Waals surface area (Å²) >= 11 is 0. The van der Waals surface area contributed by atoms with Crippen molar-refractivity contribution in [2.24, 2.45) is 5.92 Å². The molecule has 1 atom stereocenters. The highest BCUT2D eigenvalue weighted by molar-refractivity contribution is 5.18. The van der Waals surface area contributed by atoms with Crippen LogP contribution in [0.3, 0.4) is 0 Å². The van der Waals surface area contributed by atoms with Crippen molar-refractivity contribution in [1.29, 1.82) is 0 Å². The maximum absolute atomic E-state index is 10.7. The lowest BCUT2D eigenvalue weighted by Gasteiger charge is -2.37. The van der Waals surface area contributed by atoms with Gasteiger partial charge in [0.25, 0.3) is 0 Å². The molecule has 1 saturated carbocycles. The van der Waals surface area contributed by atoms with E-state index in [1.165, 1.54) is 24.8 Å². The van der Waals surface area contributed by atoms with Gasteiger partial charge in [-0.2, -0.15) is 0 Å². The lowest BCUT2D eigenvalue weighted by Crippen LogP contribution is -2.44. The fraction of sp³-hybridized carbons (Fsp3) is 0.667. The van der Waals surface area contributed by atoms with Gasteiger partial charge < -0.3 is 10.4 Å². The van der Waals surface area contributed by atoms with Crippen LogP contribution >= 0.6 is 0 Å². The van der Waals surface area contributed by atoms with E-state index in [1.54, 1.807) is 0 Å². The van der Waals surface area contributed by atoms with Gasteiger partial charge in [-0.3, -0.25) is 0 Å². The van der Waals surface area contributed by atoms with Crippen molar-refractivity contribution in [3.8, 4) is 0 Å². The summed E-state index contributed by atoms with van der Waals surface area (Å²) < 4.78 is 0. The standard InChI is InChI=1S/C18H29NO/c1-3-15-10-12-18(20,13-11-15)14-19-17(4-2)16-8-6-5-7-9-16/h5-9,15,17,19-20H,3-4,10-14H2,1-2H3. The zero-order chi connectivity index (χ0) is 14.4. The van der Waals surface area contributed by atoms with Gasteiger partial charge >= 0.3 is 0 Å². The molecule has 2 nitrogen and oxygen atoms in total. The van der Waals surface area contributed by atoms with E-state index in [4.69, 9.17) is 0 Å². The Hall–Kier alpha value is -0.860. The van der Waals surface area contributed by atoms with Crippen LogP contribution in [-0.2, 0) is 0 Å². The van der Waals surface area contributed by atoms with Gasteiger partial charge in [-0.15, -0.1) is 0 Å². The van der Waals surface area contributed by atoms with E-state index >= 15 is 0 Å². The molecule has 0 radical (unpaired) electrons. The quantitative estimate of drug-likeness (QED) is 0.820. The molecule has 2 N–H and O–H groups in total. The largest absolute Gasteiger partial charge is 0.389 e. The highest BCUT2D eigenvalue weighted by Gasteiger charge is 2.32. The minimum absolute atomic E-state index is 0.351. The van der Waals surface area contributed by atoms with Crippen LogP contribution in [0, 0.1) is 5.92 Å². The second-order valence-electron chi connectivity index (χ2n) is 6.33. The third kappa shape index (κ3) is 4.07. The maximum Gasteiger partial charge on any atom is 0.0772 e. The SMILES string of the molecule is CCC1CCC(O)(CNC(CC)c2ccccc2)CC1. The minimum Gasteiger partial charge on any atom is -0.389 e. The van der Waals surface area contributed by atoms with Gasteiger partial charge in [0.1, 0.15) is 0 Å². The zero-order valence-electron chi connectivity index (χ0n) is 12.9. The molecule has 2 rings (SSSR count). The molecule has 1 unspecified atom stereocenters. The molecule has 1 fully saturated rings. The van der Waals surface area contributed by atoms with Crippen molar-refractivity contribution in [3.63, 3.8) is 0 Å².